The summed E-state index contributed by atoms with van der Waals surface area (Å²) in [5.41, 5.74) is 0. The smallest absolute Gasteiger partial charge is 0.243 e. The summed E-state index contributed by atoms with van der Waals surface area (Å²) in [4.78, 5) is 43.7. The Kier molecular flexibility index (Phi) is 6.90. The van der Waals surface area contributed by atoms with Crippen LogP contribution in [0.1, 0.15) is 44.0 Å². The van der Waals surface area contributed by atoms with Crippen LogP contribution in [0.2, 0.25) is 0 Å². The van der Waals surface area contributed by atoms with Crippen molar-refractivity contribution < 1.29 is 14.4 Å². The third-order valence-corrected chi connectivity index (χ3v) is 6.79. The highest BCUT2D eigenvalue weighted by Crippen LogP contribution is 2.37. The molecule has 1 fully saturated rings. The Hall–Kier alpha value is -1.99. The van der Waals surface area contributed by atoms with Gasteiger partial charge in [0.05, 0.1) is 17.9 Å². The minimum absolute atomic E-state index is 0.0513. The lowest BCUT2D eigenvalue weighted by molar-refractivity contribution is -0.148. The lowest BCUT2D eigenvalue weighted by Gasteiger charge is -2.29. The van der Waals surface area contributed by atoms with E-state index in [9.17, 15) is 14.4 Å². The average molecular weight is 418 g/mol. The van der Waals surface area contributed by atoms with Crippen molar-refractivity contribution in [3.8, 4) is 0 Å². The van der Waals surface area contributed by atoms with Crippen LogP contribution in [0.3, 0.4) is 0 Å². The molecule has 1 aromatic rings. The lowest BCUT2D eigenvalue weighted by Crippen LogP contribution is -2.51. The van der Waals surface area contributed by atoms with Gasteiger partial charge in [0.2, 0.25) is 17.7 Å². The van der Waals surface area contributed by atoms with Crippen molar-refractivity contribution in [3.05, 3.63) is 34.5 Å². The van der Waals surface area contributed by atoms with Gasteiger partial charge in [0.1, 0.15) is 6.04 Å². The van der Waals surface area contributed by atoms with Gasteiger partial charge in [0, 0.05) is 11.4 Å². The molecule has 0 aromatic carbocycles. The average Bonchev–Trinajstić information content (AvgIpc) is 3.28. The van der Waals surface area contributed by atoms with E-state index in [2.05, 4.69) is 16.3 Å². The van der Waals surface area contributed by atoms with Gasteiger partial charge in [0.25, 0.3) is 0 Å². The van der Waals surface area contributed by atoms with Crippen molar-refractivity contribution >= 4 is 29.1 Å². The molecule has 7 heteroatoms. The second-order valence-corrected chi connectivity index (χ2v) is 9.57. The van der Waals surface area contributed by atoms with Crippen LogP contribution in [0.25, 0.3) is 0 Å². The number of carbonyl (C=O) groups excluding carboxylic acids is 3. The zero-order valence-electron chi connectivity index (χ0n) is 17.6. The molecule has 0 bridgehead atoms. The van der Waals surface area contributed by atoms with Gasteiger partial charge in [0.15, 0.2) is 0 Å². The number of carbonyl (C=O) groups is 3. The molecule has 2 heterocycles. The molecule has 2 aliphatic rings. The minimum Gasteiger partial charge on any atom is -0.352 e. The van der Waals surface area contributed by atoms with E-state index in [-0.39, 0.29) is 41.5 Å². The third kappa shape index (κ3) is 4.61. The van der Waals surface area contributed by atoms with Crippen LogP contribution >= 0.6 is 11.3 Å². The lowest BCUT2D eigenvalue weighted by atomic mass is 9.85. The summed E-state index contributed by atoms with van der Waals surface area (Å²) in [5, 5.41) is 5.04. The van der Waals surface area contributed by atoms with E-state index >= 15 is 0 Å². The predicted molar refractivity (Wildman–Crippen MR) is 114 cm³/mol. The standard InChI is InChI=1S/C22H31N3O3S/c1-14(2)12-17(25-21(27)15-8-5-6-9-16(15)22(25)28)20(26)23-13-18(24(3)4)19-10-7-11-29-19/h5-7,10-11,14-18H,8-9,12-13H2,1-4H3,(H,23,26)/t15-,16+,17-,18-/m0/s1. The van der Waals surface area contributed by atoms with Gasteiger partial charge in [-0.1, -0.05) is 32.1 Å². The van der Waals surface area contributed by atoms with Crippen LogP contribution in [0, 0.1) is 17.8 Å². The highest BCUT2D eigenvalue weighted by Gasteiger charge is 2.51. The first-order chi connectivity index (χ1) is 13.8. The molecular formula is C22H31N3O3S. The Labute approximate surface area is 176 Å². The summed E-state index contributed by atoms with van der Waals surface area (Å²) in [5.74, 6) is -1.05. The maximum Gasteiger partial charge on any atom is 0.243 e. The van der Waals surface area contributed by atoms with Crippen LogP contribution < -0.4 is 5.32 Å². The number of amides is 3. The van der Waals surface area contributed by atoms with Gasteiger partial charge < -0.3 is 10.2 Å². The van der Waals surface area contributed by atoms with Crippen LogP contribution in [-0.4, -0.2) is 54.2 Å². The fraction of sp³-hybridized carbons (Fsp3) is 0.591. The molecule has 1 N–H and O–H groups in total. The molecule has 158 valence electrons. The maximum atomic E-state index is 13.2. The number of nitrogens with zero attached hydrogens (tertiary/aromatic N) is 2. The van der Waals surface area contributed by atoms with E-state index < -0.39 is 6.04 Å². The highest BCUT2D eigenvalue weighted by molar-refractivity contribution is 7.10. The van der Waals surface area contributed by atoms with Crippen molar-refractivity contribution in [1.29, 1.82) is 0 Å². The fourth-order valence-corrected chi connectivity index (χ4v) is 5.17. The number of rotatable bonds is 8. The molecule has 0 unspecified atom stereocenters. The number of allylic oxidation sites excluding steroid dienone is 2. The normalized spacial score (nSPS) is 23.6. The summed E-state index contributed by atoms with van der Waals surface area (Å²) in [6.07, 6.45) is 5.58. The van der Waals surface area contributed by atoms with Gasteiger partial charge in [-0.15, -0.1) is 11.3 Å². The Morgan fingerprint density at radius 2 is 1.83 bits per heavy atom. The first-order valence-corrected chi connectivity index (χ1v) is 11.2. The van der Waals surface area contributed by atoms with E-state index in [1.807, 2.05) is 51.5 Å². The van der Waals surface area contributed by atoms with Crippen molar-refractivity contribution in [3.63, 3.8) is 0 Å². The van der Waals surface area contributed by atoms with Crippen LogP contribution in [0.15, 0.2) is 29.7 Å². The first-order valence-electron chi connectivity index (χ1n) is 10.3. The topological polar surface area (TPSA) is 69.7 Å². The molecule has 1 aliphatic heterocycles. The molecule has 0 radical (unpaired) electrons. The van der Waals surface area contributed by atoms with Crippen LogP contribution in [-0.2, 0) is 14.4 Å². The second-order valence-electron chi connectivity index (χ2n) is 8.59. The van der Waals surface area contributed by atoms with E-state index in [4.69, 9.17) is 0 Å². The Balaban J connectivity index is 1.75. The monoisotopic (exact) mass is 417 g/mol. The summed E-state index contributed by atoms with van der Waals surface area (Å²) < 4.78 is 0. The molecule has 6 nitrogen and oxygen atoms in total. The van der Waals surface area contributed by atoms with Gasteiger partial charge in [-0.25, -0.2) is 0 Å². The van der Waals surface area contributed by atoms with E-state index in [1.54, 1.807) is 11.3 Å². The number of imide groups is 1. The highest BCUT2D eigenvalue weighted by atomic mass is 32.1. The maximum absolute atomic E-state index is 13.2. The number of thiophene rings is 1. The first kappa shape index (κ1) is 21.7. The molecule has 3 rings (SSSR count). The number of hydrogen-bond acceptors (Lipinski definition) is 5. The summed E-state index contributed by atoms with van der Waals surface area (Å²) >= 11 is 1.65. The zero-order valence-corrected chi connectivity index (χ0v) is 18.4. The molecule has 0 spiro atoms. The Morgan fingerprint density at radius 1 is 1.21 bits per heavy atom. The van der Waals surface area contributed by atoms with Gasteiger partial charge in [-0.3, -0.25) is 19.3 Å². The summed E-state index contributed by atoms with van der Waals surface area (Å²) in [7, 11) is 3.96. The molecule has 1 aliphatic carbocycles. The van der Waals surface area contributed by atoms with E-state index in [0.717, 1.165) is 0 Å². The molecule has 0 saturated carbocycles. The van der Waals surface area contributed by atoms with Gasteiger partial charge in [-0.05, 0) is 50.7 Å². The van der Waals surface area contributed by atoms with Crippen molar-refractivity contribution in [1.82, 2.24) is 15.1 Å². The summed E-state index contributed by atoms with van der Waals surface area (Å²) in [6.45, 7) is 4.45. The van der Waals surface area contributed by atoms with Gasteiger partial charge >= 0.3 is 0 Å². The number of likely N-dealkylation sites (N-methyl/N-ethyl adjacent to an activating group) is 1. The third-order valence-electron chi connectivity index (χ3n) is 5.82. The number of nitrogens with one attached hydrogen (secondary N) is 1. The molecular weight excluding hydrogens is 386 g/mol. The van der Waals surface area contributed by atoms with Crippen molar-refractivity contribution in [2.75, 3.05) is 20.6 Å². The minimum atomic E-state index is -0.744. The molecule has 1 aromatic heterocycles. The van der Waals surface area contributed by atoms with Crippen molar-refractivity contribution in [2.45, 2.75) is 45.2 Å². The molecule has 4 atom stereocenters. The summed E-state index contributed by atoms with van der Waals surface area (Å²) in [6, 6.07) is 3.36. The van der Waals surface area contributed by atoms with Gasteiger partial charge in [-0.2, -0.15) is 0 Å². The fourth-order valence-electron chi connectivity index (χ4n) is 4.24. The van der Waals surface area contributed by atoms with Crippen LogP contribution in [0.5, 0.6) is 0 Å². The molecule has 29 heavy (non-hydrogen) atoms. The number of fused-ring (bicyclic) bond motifs is 1. The Bertz CT molecular complexity index is 746. The largest absolute Gasteiger partial charge is 0.352 e. The van der Waals surface area contributed by atoms with Crippen LogP contribution in [0.4, 0.5) is 0 Å². The van der Waals surface area contributed by atoms with Crippen molar-refractivity contribution in [2.24, 2.45) is 17.8 Å². The SMILES string of the molecule is CC(C)C[C@@H](C(=O)NC[C@@H](c1cccs1)N(C)C)N1C(=O)[C@H]2CC=CC[C@H]2C1=O. The zero-order chi connectivity index (χ0) is 21.1. The van der Waals surface area contributed by atoms with E-state index in [1.165, 1.54) is 9.78 Å². The molecule has 1 saturated heterocycles. The second kappa shape index (κ2) is 9.22. The van der Waals surface area contributed by atoms with E-state index in [0.29, 0.717) is 25.8 Å². The number of hydrogen-bond donors (Lipinski definition) is 1. The quantitative estimate of drug-likeness (QED) is 0.522. The Morgan fingerprint density at radius 3 is 2.31 bits per heavy atom. The predicted octanol–water partition coefficient (Wildman–Crippen LogP) is 2.83. The number of likely N-dealkylation sites (tertiary alicyclic amines) is 1. The molecule has 3 amide bonds.